The van der Waals surface area contributed by atoms with E-state index in [0.29, 0.717) is 11.4 Å². The van der Waals surface area contributed by atoms with Crippen LogP contribution in [0.15, 0.2) is 54.7 Å². The van der Waals surface area contributed by atoms with Crippen molar-refractivity contribution in [3.8, 4) is 0 Å². The van der Waals surface area contributed by atoms with Gasteiger partial charge in [-0.05, 0) is 19.1 Å². The summed E-state index contributed by atoms with van der Waals surface area (Å²) in [5, 5.41) is 12.0. The molecular formula is C22H16N6. The molecule has 6 aromatic rings. The van der Waals surface area contributed by atoms with E-state index in [9.17, 15) is 0 Å². The number of hydrogen-bond acceptors (Lipinski definition) is 3. The fourth-order valence-electron chi connectivity index (χ4n) is 4.05. The molecule has 0 radical (unpaired) electrons. The Morgan fingerprint density at radius 2 is 1.64 bits per heavy atom. The van der Waals surface area contributed by atoms with E-state index in [4.69, 9.17) is 15.4 Å². The predicted molar refractivity (Wildman–Crippen MR) is 112 cm³/mol. The number of aryl methyl sites for hydroxylation is 1. The highest BCUT2D eigenvalue weighted by Gasteiger charge is 2.21. The van der Waals surface area contributed by atoms with Gasteiger partial charge < -0.3 is 15.0 Å². The fourth-order valence-corrected chi connectivity index (χ4v) is 4.05. The number of aromatic nitrogens is 5. The second kappa shape index (κ2) is 5.29. The Hall–Kier alpha value is -3.93. The lowest BCUT2D eigenvalue weighted by molar-refractivity contribution is 1.17. The first-order valence-electron chi connectivity index (χ1n) is 9.13. The van der Waals surface area contributed by atoms with Crippen LogP contribution in [0.25, 0.3) is 43.9 Å². The molecule has 0 saturated carbocycles. The number of rotatable bonds is 2. The Morgan fingerprint density at radius 1 is 0.893 bits per heavy atom. The van der Waals surface area contributed by atoms with Gasteiger partial charge >= 0.3 is 0 Å². The van der Waals surface area contributed by atoms with Crippen molar-refractivity contribution >= 4 is 49.6 Å². The van der Waals surface area contributed by atoms with Crippen LogP contribution in [0.2, 0.25) is 0 Å². The molecule has 134 valence electrons. The lowest BCUT2D eigenvalue weighted by Crippen LogP contribution is -2.05. The maximum Gasteiger partial charge on any atom is 0.141 e. The van der Waals surface area contributed by atoms with Crippen LogP contribution in [0.5, 0.6) is 0 Å². The summed E-state index contributed by atoms with van der Waals surface area (Å²) in [5.41, 5.74) is 6.20. The van der Waals surface area contributed by atoms with Crippen LogP contribution in [0.4, 0.5) is 0 Å². The van der Waals surface area contributed by atoms with Crippen LogP contribution in [0.3, 0.4) is 0 Å². The number of imidazole rings is 1. The minimum Gasteiger partial charge on any atom is -0.360 e. The van der Waals surface area contributed by atoms with E-state index in [1.54, 1.807) is 0 Å². The number of benzene rings is 2. The molecule has 28 heavy (non-hydrogen) atoms. The first kappa shape index (κ1) is 15.2. The molecular weight excluding hydrogens is 348 g/mol. The van der Waals surface area contributed by atoms with Gasteiger partial charge in [0.15, 0.2) is 0 Å². The summed E-state index contributed by atoms with van der Waals surface area (Å²) in [6.07, 6.45) is 1.87. The quantitative estimate of drug-likeness (QED) is 0.332. The van der Waals surface area contributed by atoms with Gasteiger partial charge in [0.2, 0.25) is 0 Å². The minimum atomic E-state index is 0.367. The Labute approximate surface area is 159 Å². The molecule has 0 aliphatic heterocycles. The van der Waals surface area contributed by atoms with Gasteiger partial charge in [-0.2, -0.15) is 0 Å². The molecule has 4 aromatic heterocycles. The standard InChI is InChI=1S/C22H16N6/c1-11-25-19-17-13-7-3-5-9-16(13)27-22(17)28-20(21(19)26-11)18(23)14-10-24-15-8-4-2-6-12(14)15/h2-10,23-24H,1H3,(H,25,26)(H,27,28). The monoisotopic (exact) mass is 364 g/mol. The lowest BCUT2D eigenvalue weighted by atomic mass is 10.0. The highest BCUT2D eigenvalue weighted by Crippen LogP contribution is 2.32. The zero-order valence-corrected chi connectivity index (χ0v) is 15.1. The number of hydrogen-bond donors (Lipinski definition) is 4. The van der Waals surface area contributed by atoms with E-state index in [0.717, 1.165) is 55.3 Å². The Balaban J connectivity index is 1.70. The normalized spacial score (nSPS) is 11.9. The molecule has 4 N–H and O–H groups in total. The molecule has 0 atom stereocenters. The number of H-pyrrole nitrogens is 3. The van der Waals surface area contributed by atoms with E-state index in [1.165, 1.54) is 0 Å². The van der Waals surface area contributed by atoms with Crippen LogP contribution >= 0.6 is 0 Å². The van der Waals surface area contributed by atoms with Crippen LogP contribution in [0.1, 0.15) is 17.1 Å². The van der Waals surface area contributed by atoms with Crippen molar-refractivity contribution in [1.29, 1.82) is 5.41 Å². The molecule has 0 saturated heterocycles. The highest BCUT2D eigenvalue weighted by molar-refractivity contribution is 6.25. The van der Waals surface area contributed by atoms with E-state index >= 15 is 0 Å². The smallest absolute Gasteiger partial charge is 0.141 e. The van der Waals surface area contributed by atoms with Gasteiger partial charge in [-0.3, -0.25) is 5.41 Å². The number of nitrogens with zero attached hydrogens (tertiary/aromatic N) is 2. The van der Waals surface area contributed by atoms with Crippen molar-refractivity contribution in [1.82, 2.24) is 24.9 Å². The maximum absolute atomic E-state index is 8.93. The predicted octanol–water partition coefficient (Wildman–Crippen LogP) is 4.80. The third-order valence-electron chi connectivity index (χ3n) is 5.30. The van der Waals surface area contributed by atoms with Gasteiger partial charge in [0.1, 0.15) is 22.7 Å². The molecule has 6 nitrogen and oxygen atoms in total. The molecule has 0 aliphatic rings. The van der Waals surface area contributed by atoms with Crippen molar-refractivity contribution in [3.63, 3.8) is 0 Å². The molecule has 0 spiro atoms. The average molecular weight is 364 g/mol. The van der Waals surface area contributed by atoms with Gasteiger partial charge in [-0.1, -0.05) is 36.4 Å². The third-order valence-corrected chi connectivity index (χ3v) is 5.30. The van der Waals surface area contributed by atoms with E-state index < -0.39 is 0 Å². The zero-order valence-electron chi connectivity index (χ0n) is 15.1. The number of para-hydroxylation sites is 2. The summed E-state index contributed by atoms with van der Waals surface area (Å²) < 4.78 is 0. The van der Waals surface area contributed by atoms with E-state index in [2.05, 4.69) is 21.0 Å². The molecule has 0 bridgehead atoms. The third kappa shape index (κ3) is 1.94. The van der Waals surface area contributed by atoms with Gasteiger partial charge in [0.25, 0.3) is 0 Å². The molecule has 0 unspecified atom stereocenters. The minimum absolute atomic E-state index is 0.367. The van der Waals surface area contributed by atoms with Crippen molar-refractivity contribution in [2.45, 2.75) is 6.92 Å². The Kier molecular flexibility index (Phi) is 2.87. The summed E-state index contributed by atoms with van der Waals surface area (Å²) in [6.45, 7) is 1.93. The second-order valence-corrected chi connectivity index (χ2v) is 7.02. The van der Waals surface area contributed by atoms with Gasteiger partial charge in [0.05, 0.1) is 16.6 Å². The van der Waals surface area contributed by atoms with Gasteiger partial charge in [0, 0.05) is 33.6 Å². The fraction of sp³-hybridized carbons (Fsp3) is 0.0455. The number of pyridine rings is 1. The summed E-state index contributed by atoms with van der Waals surface area (Å²) in [5.74, 6) is 0.808. The highest BCUT2D eigenvalue weighted by atomic mass is 15.0. The summed E-state index contributed by atoms with van der Waals surface area (Å²) >= 11 is 0. The largest absolute Gasteiger partial charge is 0.360 e. The zero-order chi connectivity index (χ0) is 18.8. The second-order valence-electron chi connectivity index (χ2n) is 7.02. The maximum atomic E-state index is 8.93. The van der Waals surface area contributed by atoms with Crippen LogP contribution in [-0.2, 0) is 0 Å². The van der Waals surface area contributed by atoms with Gasteiger partial charge in [-0.25, -0.2) is 9.97 Å². The molecule has 0 fully saturated rings. The van der Waals surface area contributed by atoms with Crippen molar-refractivity contribution in [3.05, 3.63) is 71.8 Å². The van der Waals surface area contributed by atoms with Gasteiger partial charge in [-0.15, -0.1) is 0 Å². The molecule has 6 heteroatoms. The Morgan fingerprint density at radius 3 is 2.50 bits per heavy atom. The molecule has 6 rings (SSSR count). The Bertz CT molecular complexity index is 1550. The van der Waals surface area contributed by atoms with Crippen molar-refractivity contribution in [2.75, 3.05) is 0 Å². The number of fused-ring (bicyclic) bond motifs is 6. The lowest BCUT2D eigenvalue weighted by Gasteiger charge is -2.05. The first-order chi connectivity index (χ1) is 13.7. The van der Waals surface area contributed by atoms with Crippen molar-refractivity contribution < 1.29 is 0 Å². The molecule has 0 aliphatic carbocycles. The number of nitrogens with one attached hydrogen (secondary N) is 4. The summed E-state index contributed by atoms with van der Waals surface area (Å²) in [6, 6.07) is 16.1. The van der Waals surface area contributed by atoms with E-state index in [1.807, 2.05) is 55.6 Å². The average Bonchev–Trinajstić information content (AvgIpc) is 3.40. The summed E-state index contributed by atoms with van der Waals surface area (Å²) in [7, 11) is 0. The molecule has 0 amide bonds. The van der Waals surface area contributed by atoms with Crippen LogP contribution < -0.4 is 0 Å². The van der Waals surface area contributed by atoms with Crippen molar-refractivity contribution in [2.24, 2.45) is 0 Å². The summed E-state index contributed by atoms with van der Waals surface area (Å²) in [4.78, 5) is 19.5. The van der Waals surface area contributed by atoms with Crippen LogP contribution in [0, 0.1) is 12.3 Å². The SMILES string of the molecule is Cc1nc2c([nH]1)c(C(=N)c1c[nH]c3ccccc13)nc1[nH]c3ccccc3c12. The van der Waals surface area contributed by atoms with E-state index in [-0.39, 0.29) is 0 Å². The number of aromatic amines is 3. The molecule has 4 heterocycles. The first-order valence-corrected chi connectivity index (χ1v) is 9.13. The molecule has 2 aromatic carbocycles. The van der Waals surface area contributed by atoms with Crippen LogP contribution in [-0.4, -0.2) is 30.6 Å². The topological polar surface area (TPSA) is 97.0 Å².